The van der Waals surface area contributed by atoms with Crippen LogP contribution >= 0.6 is 0 Å². The molecule has 1 aliphatic heterocycles. The largest absolute Gasteiger partial charge is 0.410 e. The number of hydrogen-bond donors (Lipinski definition) is 0. The molecule has 0 aromatic heterocycles. The summed E-state index contributed by atoms with van der Waals surface area (Å²) in [6.45, 7) is 4.80. The highest BCUT2D eigenvalue weighted by Gasteiger charge is 2.37. The first kappa shape index (κ1) is 8.17. The highest BCUT2D eigenvalue weighted by Crippen LogP contribution is 2.09. The van der Waals surface area contributed by atoms with Crippen LogP contribution in [0, 0.1) is 0 Å². The molecule has 0 fully saturated rings. The van der Waals surface area contributed by atoms with Gasteiger partial charge < -0.3 is 0 Å². The number of nitrogens with zero attached hydrogens (tertiary/aromatic N) is 2. The second-order valence-electron chi connectivity index (χ2n) is 2.58. The minimum atomic E-state index is -0.221. The van der Waals surface area contributed by atoms with Crippen molar-refractivity contribution in [2.45, 2.75) is 32.7 Å². The Morgan fingerprint density at radius 2 is 2.36 bits per heavy atom. The smallest absolute Gasteiger partial charge is 0.261 e. The van der Waals surface area contributed by atoms with Gasteiger partial charge in [-0.2, -0.15) is 0 Å². The van der Waals surface area contributed by atoms with E-state index in [1.165, 1.54) is 0 Å². The molecule has 4 heteroatoms. The maximum atomic E-state index is 10.9. The first-order valence-corrected chi connectivity index (χ1v) is 3.98. The van der Waals surface area contributed by atoms with Gasteiger partial charge in [0.25, 0.3) is 6.04 Å². The average molecular weight is 157 g/mol. The second-order valence-corrected chi connectivity index (χ2v) is 2.58. The summed E-state index contributed by atoms with van der Waals surface area (Å²) in [7, 11) is 0. The van der Waals surface area contributed by atoms with Gasteiger partial charge in [0.15, 0.2) is 11.8 Å². The predicted octanol–water partition coefficient (Wildman–Crippen LogP) is 1.11. The molecule has 4 nitrogen and oxygen atoms in total. The summed E-state index contributed by atoms with van der Waals surface area (Å²) in [5, 5.41) is 3.64. The summed E-state index contributed by atoms with van der Waals surface area (Å²) in [6.07, 6.45) is 1.75. The molecule has 1 atom stereocenters. The first-order valence-electron chi connectivity index (χ1n) is 3.98. The number of hydrogen-bond acceptors (Lipinski definition) is 3. The molecule has 0 radical (unpaired) electrons. The van der Waals surface area contributed by atoms with E-state index >= 15 is 0 Å². The molecular weight excluding hydrogens is 144 g/mol. The molecule has 0 saturated heterocycles. The Balaban J connectivity index is 2.58. The minimum absolute atomic E-state index is 0.144. The molecule has 1 heterocycles. The van der Waals surface area contributed by atoms with Crippen molar-refractivity contribution in [3.63, 3.8) is 0 Å². The molecule has 0 N–H and O–H groups in total. The first-order chi connectivity index (χ1) is 5.29. The van der Waals surface area contributed by atoms with Crippen molar-refractivity contribution in [1.82, 2.24) is 0 Å². The molecule has 11 heavy (non-hydrogen) atoms. The van der Waals surface area contributed by atoms with Gasteiger partial charge in [-0.3, -0.25) is 4.84 Å². The average Bonchev–Trinajstić information content (AvgIpc) is 2.33. The van der Waals surface area contributed by atoms with Crippen molar-refractivity contribution in [2.75, 3.05) is 6.54 Å². The van der Waals surface area contributed by atoms with Crippen LogP contribution in [-0.4, -0.2) is 23.3 Å². The molecular formula is C7H13N2O2+. The van der Waals surface area contributed by atoms with E-state index in [0.717, 1.165) is 19.4 Å². The van der Waals surface area contributed by atoms with Crippen LogP contribution in [0.15, 0.2) is 5.28 Å². The van der Waals surface area contributed by atoms with Crippen LogP contribution < -0.4 is 0 Å². The molecule has 1 unspecified atom stereocenters. The molecule has 0 bridgehead atoms. The Kier molecular flexibility index (Phi) is 2.57. The molecule has 0 saturated carbocycles. The highest BCUT2D eigenvalue weighted by molar-refractivity contribution is 5.74. The monoisotopic (exact) mass is 157 g/mol. The Hall–Kier alpha value is -0.930. The van der Waals surface area contributed by atoms with Crippen LogP contribution in [-0.2, 0) is 9.63 Å². The van der Waals surface area contributed by atoms with Crippen molar-refractivity contribution in [2.24, 2.45) is 5.28 Å². The predicted molar refractivity (Wildman–Crippen MR) is 38.0 cm³/mol. The van der Waals surface area contributed by atoms with Gasteiger partial charge in [0, 0.05) is 12.8 Å². The minimum Gasteiger partial charge on any atom is -0.261 e. The van der Waals surface area contributed by atoms with E-state index in [1.54, 1.807) is 4.70 Å². The summed E-state index contributed by atoms with van der Waals surface area (Å²) in [5.41, 5.74) is 0. The van der Waals surface area contributed by atoms with Gasteiger partial charge in [0.05, 0.1) is 0 Å². The Morgan fingerprint density at radius 3 is 2.91 bits per heavy atom. The number of rotatable bonds is 3. The maximum Gasteiger partial charge on any atom is 0.410 e. The molecule has 1 aliphatic rings. The van der Waals surface area contributed by atoms with Gasteiger partial charge in [-0.1, -0.05) is 18.5 Å². The lowest BCUT2D eigenvalue weighted by atomic mass is 10.2. The van der Waals surface area contributed by atoms with Gasteiger partial charge in [-0.05, 0) is 0 Å². The SMILES string of the molecule is CCC[N+]1=NOC(=O)C1CC. The normalized spacial score (nSPS) is 23.3. The molecule has 0 spiro atoms. The van der Waals surface area contributed by atoms with E-state index in [2.05, 4.69) is 10.1 Å². The quantitative estimate of drug-likeness (QED) is 0.576. The molecule has 0 amide bonds. The second kappa shape index (κ2) is 3.46. The van der Waals surface area contributed by atoms with E-state index in [1.807, 2.05) is 13.8 Å². The number of carbonyl (C=O) groups excluding carboxylic acids is 1. The van der Waals surface area contributed by atoms with E-state index in [9.17, 15) is 4.79 Å². The summed E-state index contributed by atoms with van der Waals surface area (Å²) in [5.74, 6) is -0.221. The summed E-state index contributed by atoms with van der Waals surface area (Å²) in [6, 6.07) is -0.144. The third-order valence-electron chi connectivity index (χ3n) is 1.71. The van der Waals surface area contributed by atoms with Crippen LogP contribution in [0.2, 0.25) is 0 Å². The zero-order valence-corrected chi connectivity index (χ0v) is 6.91. The Labute approximate surface area is 65.8 Å². The lowest BCUT2D eigenvalue weighted by Gasteiger charge is -1.96. The maximum absolute atomic E-state index is 10.9. The Morgan fingerprint density at radius 1 is 1.64 bits per heavy atom. The third kappa shape index (κ3) is 1.56. The third-order valence-corrected chi connectivity index (χ3v) is 1.71. The van der Waals surface area contributed by atoms with Gasteiger partial charge >= 0.3 is 5.97 Å². The van der Waals surface area contributed by atoms with E-state index < -0.39 is 0 Å². The molecule has 0 aliphatic carbocycles. The molecule has 0 aromatic carbocycles. The summed E-state index contributed by atoms with van der Waals surface area (Å²) < 4.78 is 1.71. The van der Waals surface area contributed by atoms with Crippen molar-refractivity contribution in [1.29, 1.82) is 0 Å². The fourth-order valence-electron chi connectivity index (χ4n) is 1.14. The lowest BCUT2D eigenvalue weighted by Crippen LogP contribution is -2.27. The zero-order chi connectivity index (χ0) is 8.27. The topological polar surface area (TPSA) is 41.7 Å². The van der Waals surface area contributed by atoms with E-state index in [-0.39, 0.29) is 12.0 Å². The molecule has 1 rings (SSSR count). The number of carbonyl (C=O) groups is 1. The standard InChI is InChI=1S/C7H13N2O2/c1-3-5-9-6(4-2)7(10)11-8-9/h6H,3-5H2,1-2H3/q+1. The van der Waals surface area contributed by atoms with Gasteiger partial charge in [0.2, 0.25) is 0 Å². The molecule has 0 aromatic rings. The van der Waals surface area contributed by atoms with Crippen LogP contribution in [0.1, 0.15) is 26.7 Å². The molecule has 62 valence electrons. The van der Waals surface area contributed by atoms with Crippen LogP contribution in [0.4, 0.5) is 0 Å². The summed E-state index contributed by atoms with van der Waals surface area (Å²) >= 11 is 0. The van der Waals surface area contributed by atoms with E-state index in [0.29, 0.717) is 0 Å². The van der Waals surface area contributed by atoms with Gasteiger partial charge in [-0.25, -0.2) is 4.79 Å². The fraction of sp³-hybridized carbons (Fsp3) is 0.857. The van der Waals surface area contributed by atoms with Crippen molar-refractivity contribution in [3.8, 4) is 0 Å². The van der Waals surface area contributed by atoms with Crippen molar-refractivity contribution < 1.29 is 14.3 Å². The zero-order valence-electron chi connectivity index (χ0n) is 6.91. The van der Waals surface area contributed by atoms with Crippen molar-refractivity contribution >= 4 is 5.97 Å². The van der Waals surface area contributed by atoms with Crippen LogP contribution in [0.25, 0.3) is 0 Å². The highest BCUT2D eigenvalue weighted by atomic mass is 16.7. The van der Waals surface area contributed by atoms with Crippen LogP contribution in [0.3, 0.4) is 0 Å². The fourth-order valence-corrected chi connectivity index (χ4v) is 1.14. The van der Waals surface area contributed by atoms with Crippen molar-refractivity contribution in [3.05, 3.63) is 0 Å². The lowest BCUT2D eigenvalue weighted by molar-refractivity contribution is -0.616. The Bertz CT molecular complexity index is 189. The summed E-state index contributed by atoms with van der Waals surface area (Å²) in [4.78, 5) is 15.5. The van der Waals surface area contributed by atoms with Gasteiger partial charge in [0.1, 0.15) is 0 Å². The van der Waals surface area contributed by atoms with Gasteiger partial charge in [-0.15, -0.1) is 0 Å². The van der Waals surface area contributed by atoms with Crippen LogP contribution in [0.5, 0.6) is 0 Å². The van der Waals surface area contributed by atoms with E-state index in [4.69, 9.17) is 0 Å².